The highest BCUT2D eigenvalue weighted by molar-refractivity contribution is 7.80. The molecule has 1 fully saturated rings. The van der Waals surface area contributed by atoms with Gasteiger partial charge < -0.3 is 20.7 Å². The van der Waals surface area contributed by atoms with Gasteiger partial charge in [0.25, 0.3) is 0 Å². The highest BCUT2D eigenvalue weighted by Gasteiger charge is 2.26. The Morgan fingerprint density at radius 3 is 2.47 bits per heavy atom. The number of carbonyl (C=O) groups excluding carboxylic acids is 2. The maximum absolute atomic E-state index is 12.1. The van der Waals surface area contributed by atoms with Crippen molar-refractivity contribution in [2.24, 2.45) is 11.7 Å². The lowest BCUT2D eigenvalue weighted by atomic mass is 10.1. The maximum Gasteiger partial charge on any atom is 0.245 e. The molecule has 1 heterocycles. The van der Waals surface area contributed by atoms with Crippen molar-refractivity contribution in [1.82, 2.24) is 10.2 Å². The third-order valence-electron chi connectivity index (χ3n) is 3.12. The molecule has 6 nitrogen and oxygen atoms in total. The average Bonchev–Trinajstić information content (AvgIpc) is 2.39. The van der Waals surface area contributed by atoms with Gasteiger partial charge in [-0.3, -0.25) is 9.59 Å². The summed E-state index contributed by atoms with van der Waals surface area (Å²) < 4.78 is 5.18. The molecular weight excluding hydrogens is 266 g/mol. The van der Waals surface area contributed by atoms with Crippen LogP contribution in [0.5, 0.6) is 0 Å². The van der Waals surface area contributed by atoms with Crippen molar-refractivity contribution in [3.63, 3.8) is 0 Å². The molecule has 1 rings (SSSR count). The van der Waals surface area contributed by atoms with E-state index in [-0.39, 0.29) is 16.8 Å². The second-order valence-corrected chi connectivity index (χ2v) is 5.00. The fraction of sp³-hybridized carbons (Fsp3) is 0.750. The summed E-state index contributed by atoms with van der Waals surface area (Å²) in [6.45, 7) is 5.70. The SMILES string of the molecule is CCC(C(=O)NC(C)C(=O)N1CCOCC1)C(N)=S. The Morgan fingerprint density at radius 2 is 2.00 bits per heavy atom. The van der Waals surface area contributed by atoms with Gasteiger partial charge >= 0.3 is 0 Å². The van der Waals surface area contributed by atoms with Crippen molar-refractivity contribution >= 4 is 29.0 Å². The molecule has 108 valence electrons. The Hall–Kier alpha value is -1.21. The van der Waals surface area contributed by atoms with Crippen LogP contribution in [0, 0.1) is 5.92 Å². The highest BCUT2D eigenvalue weighted by atomic mass is 32.1. The van der Waals surface area contributed by atoms with E-state index < -0.39 is 12.0 Å². The maximum atomic E-state index is 12.1. The van der Waals surface area contributed by atoms with Crippen molar-refractivity contribution in [3.8, 4) is 0 Å². The zero-order valence-corrected chi connectivity index (χ0v) is 12.2. The summed E-state index contributed by atoms with van der Waals surface area (Å²) in [5.74, 6) is -0.909. The van der Waals surface area contributed by atoms with Gasteiger partial charge in [0.15, 0.2) is 0 Å². The summed E-state index contributed by atoms with van der Waals surface area (Å²) in [5, 5.41) is 2.67. The molecule has 0 aromatic heterocycles. The molecule has 19 heavy (non-hydrogen) atoms. The minimum Gasteiger partial charge on any atom is -0.393 e. The van der Waals surface area contributed by atoms with Crippen molar-refractivity contribution in [2.75, 3.05) is 26.3 Å². The van der Waals surface area contributed by atoms with Crippen LogP contribution in [-0.2, 0) is 14.3 Å². The molecule has 1 aliphatic rings. The van der Waals surface area contributed by atoms with Crippen LogP contribution in [0.3, 0.4) is 0 Å². The smallest absolute Gasteiger partial charge is 0.245 e. The Morgan fingerprint density at radius 1 is 1.42 bits per heavy atom. The Balaban J connectivity index is 2.53. The van der Waals surface area contributed by atoms with Crippen molar-refractivity contribution in [2.45, 2.75) is 26.3 Å². The number of nitrogens with one attached hydrogen (secondary N) is 1. The van der Waals surface area contributed by atoms with Crippen molar-refractivity contribution in [1.29, 1.82) is 0 Å². The topological polar surface area (TPSA) is 84.7 Å². The average molecular weight is 287 g/mol. The molecule has 2 amide bonds. The van der Waals surface area contributed by atoms with Gasteiger partial charge in [-0.2, -0.15) is 0 Å². The molecule has 0 radical (unpaired) electrons. The van der Waals surface area contributed by atoms with Gasteiger partial charge in [-0.15, -0.1) is 0 Å². The first-order valence-corrected chi connectivity index (χ1v) is 6.84. The van der Waals surface area contributed by atoms with Crippen molar-refractivity contribution < 1.29 is 14.3 Å². The van der Waals surface area contributed by atoms with Crippen LogP contribution in [0.25, 0.3) is 0 Å². The molecule has 0 aromatic rings. The molecule has 0 saturated carbocycles. The molecule has 3 N–H and O–H groups in total. The monoisotopic (exact) mass is 287 g/mol. The van der Waals surface area contributed by atoms with Crippen molar-refractivity contribution in [3.05, 3.63) is 0 Å². The molecular formula is C12H21N3O3S. The number of carbonyl (C=O) groups is 2. The van der Waals surface area contributed by atoms with E-state index >= 15 is 0 Å². The Bertz CT molecular complexity index is 356. The second-order valence-electron chi connectivity index (χ2n) is 4.53. The number of nitrogens with zero attached hydrogens (tertiary/aromatic N) is 1. The summed E-state index contributed by atoms with van der Waals surface area (Å²) >= 11 is 4.84. The molecule has 2 unspecified atom stereocenters. The minimum absolute atomic E-state index is 0.102. The van der Waals surface area contributed by atoms with Crippen LogP contribution in [-0.4, -0.2) is 54.0 Å². The first kappa shape index (κ1) is 15.8. The molecule has 0 aromatic carbocycles. The number of ether oxygens (including phenoxy) is 1. The van der Waals surface area contributed by atoms with E-state index in [4.69, 9.17) is 22.7 Å². The summed E-state index contributed by atoms with van der Waals surface area (Å²) in [4.78, 5) is 25.9. The number of nitrogens with two attached hydrogens (primary N) is 1. The van der Waals surface area contributed by atoms with E-state index in [1.165, 1.54) is 0 Å². The van der Waals surface area contributed by atoms with Crippen LogP contribution < -0.4 is 11.1 Å². The van der Waals surface area contributed by atoms with E-state index in [0.29, 0.717) is 32.7 Å². The number of amides is 2. The van der Waals surface area contributed by atoms with E-state index in [0.717, 1.165) is 0 Å². The van der Waals surface area contributed by atoms with Gasteiger partial charge in [0.05, 0.1) is 24.1 Å². The predicted molar refractivity (Wildman–Crippen MR) is 75.6 cm³/mol. The molecule has 0 aliphatic carbocycles. The third kappa shape index (κ3) is 4.43. The molecule has 1 aliphatic heterocycles. The highest BCUT2D eigenvalue weighted by Crippen LogP contribution is 2.05. The lowest BCUT2D eigenvalue weighted by Crippen LogP contribution is -2.52. The Labute approximate surface area is 118 Å². The zero-order valence-electron chi connectivity index (χ0n) is 11.3. The lowest BCUT2D eigenvalue weighted by Gasteiger charge is -2.29. The van der Waals surface area contributed by atoms with Crippen LogP contribution in [0.15, 0.2) is 0 Å². The summed E-state index contributed by atoms with van der Waals surface area (Å²) in [5.41, 5.74) is 5.50. The number of morpholine rings is 1. The van der Waals surface area contributed by atoms with Gasteiger partial charge in [-0.1, -0.05) is 19.1 Å². The van der Waals surface area contributed by atoms with Crippen LogP contribution in [0.2, 0.25) is 0 Å². The van der Waals surface area contributed by atoms with E-state index in [1.54, 1.807) is 11.8 Å². The fourth-order valence-electron chi connectivity index (χ4n) is 1.95. The minimum atomic E-state index is -0.575. The number of hydrogen-bond acceptors (Lipinski definition) is 4. The first-order valence-electron chi connectivity index (χ1n) is 6.43. The van der Waals surface area contributed by atoms with Gasteiger partial charge in [-0.05, 0) is 13.3 Å². The third-order valence-corrected chi connectivity index (χ3v) is 3.40. The van der Waals surface area contributed by atoms with E-state index in [1.807, 2.05) is 6.92 Å². The molecule has 0 bridgehead atoms. The number of hydrogen-bond donors (Lipinski definition) is 2. The van der Waals surface area contributed by atoms with Gasteiger partial charge in [0, 0.05) is 13.1 Å². The summed E-state index contributed by atoms with van der Waals surface area (Å²) in [7, 11) is 0. The molecule has 1 saturated heterocycles. The first-order chi connectivity index (χ1) is 8.97. The lowest BCUT2D eigenvalue weighted by molar-refractivity contribution is -0.139. The standard InChI is InChI=1S/C12H21N3O3S/c1-3-9(10(13)19)11(16)14-8(2)12(17)15-4-6-18-7-5-15/h8-9H,3-7H2,1-2H3,(H2,13,19)(H,14,16). The molecule has 7 heteroatoms. The molecule has 2 atom stereocenters. The van der Waals surface area contributed by atoms with E-state index in [2.05, 4.69) is 5.32 Å². The summed E-state index contributed by atoms with van der Waals surface area (Å²) in [6, 6.07) is -0.575. The second kappa shape index (κ2) is 7.40. The molecule has 0 spiro atoms. The van der Waals surface area contributed by atoms with Crippen LogP contribution in [0.4, 0.5) is 0 Å². The van der Waals surface area contributed by atoms with Crippen LogP contribution >= 0.6 is 12.2 Å². The number of thiocarbonyl (C=S) groups is 1. The zero-order chi connectivity index (χ0) is 14.4. The van der Waals surface area contributed by atoms with Gasteiger partial charge in [-0.25, -0.2) is 0 Å². The van der Waals surface area contributed by atoms with Gasteiger partial charge in [0.1, 0.15) is 6.04 Å². The normalized spacial score (nSPS) is 18.5. The number of rotatable bonds is 5. The van der Waals surface area contributed by atoms with E-state index in [9.17, 15) is 9.59 Å². The van der Waals surface area contributed by atoms with Crippen LogP contribution in [0.1, 0.15) is 20.3 Å². The Kier molecular flexibility index (Phi) is 6.17. The van der Waals surface area contributed by atoms with Gasteiger partial charge in [0.2, 0.25) is 11.8 Å². The quantitative estimate of drug-likeness (QED) is 0.676. The predicted octanol–water partition coefficient (Wildman–Crippen LogP) is -0.338. The summed E-state index contributed by atoms with van der Waals surface area (Å²) in [6.07, 6.45) is 0.527. The fourth-order valence-corrected chi connectivity index (χ4v) is 2.22. The largest absolute Gasteiger partial charge is 0.393 e.